The second-order valence-electron chi connectivity index (χ2n) is 15.3. The lowest BCUT2D eigenvalue weighted by Gasteiger charge is -2.12. The smallest absolute Gasteiger partial charge is 0.0562 e. The molecule has 58 heavy (non-hydrogen) atoms. The molecule has 0 aliphatic carbocycles. The zero-order valence-corrected chi connectivity index (χ0v) is 31.4. The Labute approximate surface area is 333 Å². The third-order valence-electron chi connectivity index (χ3n) is 12.3. The molecule has 0 saturated carbocycles. The third kappa shape index (κ3) is 4.18. The lowest BCUT2D eigenvalue weighted by Crippen LogP contribution is -1.97. The van der Waals surface area contributed by atoms with Crippen molar-refractivity contribution in [2.24, 2.45) is 0 Å². The summed E-state index contributed by atoms with van der Waals surface area (Å²) in [5.74, 6) is 0. The maximum atomic E-state index is 2.50. The highest BCUT2D eigenvalue weighted by Crippen LogP contribution is 2.45. The van der Waals surface area contributed by atoms with Crippen LogP contribution in [-0.4, -0.2) is 18.3 Å². The summed E-state index contributed by atoms with van der Waals surface area (Å²) in [7, 11) is 0. The van der Waals surface area contributed by atoms with Crippen LogP contribution in [0.2, 0.25) is 0 Å². The summed E-state index contributed by atoms with van der Waals surface area (Å²) in [6.07, 6.45) is 0. The first-order valence-electron chi connectivity index (χ1n) is 20.0. The van der Waals surface area contributed by atoms with E-state index in [-0.39, 0.29) is 0 Å². The molecular weight excluding hydrogens is 705 g/mol. The van der Waals surface area contributed by atoms with Gasteiger partial charge in [-0.3, -0.25) is 0 Å². The second-order valence-corrected chi connectivity index (χ2v) is 15.3. The minimum Gasteiger partial charge on any atom is -0.309 e. The van der Waals surface area contributed by atoms with Crippen molar-refractivity contribution in [3.05, 3.63) is 206 Å². The summed E-state index contributed by atoms with van der Waals surface area (Å²) in [6, 6.07) is 75.3. The molecule has 0 aliphatic heterocycles. The quantitative estimate of drug-likeness (QED) is 0.171. The number of para-hydroxylation sites is 6. The Kier molecular flexibility index (Phi) is 6.41. The number of nitrogens with zero attached hydrogens (tertiary/aromatic N) is 4. The Morgan fingerprint density at radius 3 is 1.19 bits per heavy atom. The second kappa shape index (κ2) is 11.8. The van der Waals surface area contributed by atoms with Gasteiger partial charge >= 0.3 is 0 Å². The zero-order valence-electron chi connectivity index (χ0n) is 31.4. The summed E-state index contributed by atoms with van der Waals surface area (Å²) in [4.78, 5) is 0. The Hall–Kier alpha value is -7.82. The predicted molar refractivity (Wildman–Crippen MR) is 244 cm³/mol. The number of benzene rings is 9. The lowest BCUT2D eigenvalue weighted by atomic mass is 10.1. The van der Waals surface area contributed by atoms with Crippen LogP contribution in [0, 0.1) is 0 Å². The number of fused-ring (bicyclic) bond motifs is 13. The highest BCUT2D eigenvalue weighted by Gasteiger charge is 2.23. The van der Waals surface area contributed by atoms with Gasteiger partial charge in [0.1, 0.15) is 0 Å². The number of rotatable bonds is 4. The van der Waals surface area contributed by atoms with Gasteiger partial charge in [0, 0.05) is 60.2 Å². The van der Waals surface area contributed by atoms with Gasteiger partial charge in [-0.2, -0.15) is 0 Å². The molecule has 13 rings (SSSR count). The first kappa shape index (κ1) is 31.4. The third-order valence-corrected chi connectivity index (χ3v) is 12.3. The van der Waals surface area contributed by atoms with Crippen LogP contribution in [0.25, 0.3) is 110 Å². The highest BCUT2D eigenvalue weighted by molar-refractivity contribution is 6.29. The monoisotopic (exact) mass is 738 g/mol. The van der Waals surface area contributed by atoms with E-state index in [2.05, 4.69) is 225 Å². The van der Waals surface area contributed by atoms with E-state index in [1.807, 2.05) is 0 Å². The van der Waals surface area contributed by atoms with Crippen molar-refractivity contribution in [2.75, 3.05) is 0 Å². The molecule has 0 unspecified atom stereocenters. The molecule has 4 aromatic heterocycles. The largest absolute Gasteiger partial charge is 0.309 e. The normalized spacial score (nSPS) is 12.1. The van der Waals surface area contributed by atoms with Crippen molar-refractivity contribution >= 4 is 87.2 Å². The maximum absolute atomic E-state index is 2.50. The van der Waals surface area contributed by atoms with Crippen LogP contribution in [0.4, 0.5) is 0 Å². The van der Waals surface area contributed by atoms with Crippen molar-refractivity contribution < 1.29 is 0 Å². The topological polar surface area (TPSA) is 19.7 Å². The van der Waals surface area contributed by atoms with Gasteiger partial charge in [-0.15, -0.1) is 0 Å². The molecule has 4 nitrogen and oxygen atoms in total. The van der Waals surface area contributed by atoms with Crippen molar-refractivity contribution in [2.45, 2.75) is 0 Å². The van der Waals surface area contributed by atoms with Gasteiger partial charge in [0.05, 0.1) is 49.8 Å². The van der Waals surface area contributed by atoms with Gasteiger partial charge in [-0.1, -0.05) is 115 Å². The summed E-state index contributed by atoms with van der Waals surface area (Å²) < 4.78 is 9.77. The van der Waals surface area contributed by atoms with Gasteiger partial charge in [0.25, 0.3) is 0 Å². The van der Waals surface area contributed by atoms with E-state index < -0.39 is 0 Å². The molecule has 0 fully saturated rings. The molecule has 0 atom stereocenters. The summed E-state index contributed by atoms with van der Waals surface area (Å²) >= 11 is 0. The zero-order chi connectivity index (χ0) is 37.9. The van der Waals surface area contributed by atoms with Crippen LogP contribution in [-0.2, 0) is 0 Å². The molecule has 0 radical (unpaired) electrons. The Morgan fingerprint density at radius 1 is 0.207 bits per heavy atom. The molecule has 13 aromatic rings. The minimum absolute atomic E-state index is 1.15. The van der Waals surface area contributed by atoms with E-state index in [1.165, 1.54) is 92.9 Å². The van der Waals surface area contributed by atoms with E-state index in [4.69, 9.17) is 0 Å². The molecule has 0 amide bonds. The van der Waals surface area contributed by atoms with Gasteiger partial charge in [0.2, 0.25) is 0 Å². The van der Waals surface area contributed by atoms with Gasteiger partial charge in [0.15, 0.2) is 0 Å². The molecule has 0 bridgehead atoms. The minimum atomic E-state index is 1.15. The van der Waals surface area contributed by atoms with Crippen LogP contribution >= 0.6 is 0 Å². The van der Waals surface area contributed by atoms with Crippen molar-refractivity contribution in [1.82, 2.24) is 18.3 Å². The van der Waals surface area contributed by atoms with Gasteiger partial charge in [-0.05, 0) is 91.0 Å². The van der Waals surface area contributed by atoms with Crippen LogP contribution < -0.4 is 0 Å². The molecule has 0 saturated heterocycles. The van der Waals surface area contributed by atoms with E-state index in [1.54, 1.807) is 0 Å². The summed E-state index contributed by atoms with van der Waals surface area (Å²) in [5, 5.41) is 10.0. The van der Waals surface area contributed by atoms with Crippen LogP contribution in [0.1, 0.15) is 0 Å². The predicted octanol–water partition coefficient (Wildman–Crippen LogP) is 14.1. The molecule has 0 aliphatic rings. The average Bonchev–Trinajstić information content (AvgIpc) is 4.02. The Morgan fingerprint density at radius 2 is 0.586 bits per heavy atom. The van der Waals surface area contributed by atoms with Crippen LogP contribution in [0.5, 0.6) is 0 Å². The van der Waals surface area contributed by atoms with Gasteiger partial charge < -0.3 is 18.3 Å². The SMILES string of the molecule is c1ccc(-n2c3ccccc3c3cc(-n4c5ccccc5c5c6c7ccccc7n(-c7cccc8c7c7ccccc7n8-c7ccccc7)c6ccc54)ccc32)cc1. The molecular formula is C54H34N4. The van der Waals surface area contributed by atoms with E-state index in [9.17, 15) is 0 Å². The van der Waals surface area contributed by atoms with E-state index >= 15 is 0 Å². The average molecular weight is 739 g/mol. The van der Waals surface area contributed by atoms with Crippen LogP contribution in [0.3, 0.4) is 0 Å². The van der Waals surface area contributed by atoms with Crippen molar-refractivity contribution in [3.8, 4) is 22.7 Å². The fourth-order valence-corrected chi connectivity index (χ4v) is 10.1. The van der Waals surface area contributed by atoms with Crippen LogP contribution in [0.15, 0.2) is 206 Å². The highest BCUT2D eigenvalue weighted by atomic mass is 15.0. The molecule has 0 spiro atoms. The van der Waals surface area contributed by atoms with Crippen molar-refractivity contribution in [3.63, 3.8) is 0 Å². The molecule has 4 heteroatoms. The molecule has 9 aromatic carbocycles. The van der Waals surface area contributed by atoms with E-state index in [0.29, 0.717) is 0 Å². The number of hydrogen-bond donors (Lipinski definition) is 0. The molecule has 4 heterocycles. The Bertz CT molecular complexity index is 3780. The lowest BCUT2D eigenvalue weighted by molar-refractivity contribution is 1.16. The number of aromatic nitrogens is 4. The maximum Gasteiger partial charge on any atom is 0.0562 e. The molecule has 0 N–H and O–H groups in total. The van der Waals surface area contributed by atoms with E-state index in [0.717, 1.165) is 17.1 Å². The summed E-state index contributed by atoms with van der Waals surface area (Å²) in [6.45, 7) is 0. The van der Waals surface area contributed by atoms with Gasteiger partial charge in [-0.25, -0.2) is 0 Å². The molecule has 270 valence electrons. The fraction of sp³-hybridized carbons (Fsp3) is 0. The van der Waals surface area contributed by atoms with Crippen molar-refractivity contribution in [1.29, 1.82) is 0 Å². The standard InChI is InChI=1S/C54H34N4/c1-3-16-35(17-4-1)55-43-24-11-7-20-38(43)42-34-37(30-31-47(42)55)57-45-26-13-9-22-40(45)53-50(57)32-33-51-54(53)41-23-10-14-27-46(41)58(51)49-29-15-28-48-52(49)39-21-8-12-25-44(39)56(48)36-18-5-2-6-19-36/h1-34H. The summed E-state index contributed by atoms with van der Waals surface area (Å²) in [5.41, 5.74) is 14.2. The first-order valence-corrected chi connectivity index (χ1v) is 20.0. The number of hydrogen-bond acceptors (Lipinski definition) is 0. The fourth-order valence-electron chi connectivity index (χ4n) is 10.1. The Balaban J connectivity index is 1.12. The first-order chi connectivity index (χ1) is 28.8.